The summed E-state index contributed by atoms with van der Waals surface area (Å²) in [6.07, 6.45) is 0. The minimum atomic E-state index is -1.10. The normalized spacial score (nSPS) is 12.8. The molecule has 4 heteroatoms. The molecule has 1 unspecified atom stereocenters. The number of benzene rings is 2. The zero-order chi connectivity index (χ0) is 14.7. The lowest BCUT2D eigenvalue weighted by molar-refractivity contribution is 0.490. The van der Waals surface area contributed by atoms with Crippen LogP contribution in [0.15, 0.2) is 41.3 Å². The third kappa shape index (κ3) is 2.72. The summed E-state index contributed by atoms with van der Waals surface area (Å²) in [5.41, 5.74) is 1.15. The van der Waals surface area contributed by atoms with Crippen LogP contribution in [0.4, 0.5) is 5.69 Å². The van der Waals surface area contributed by atoms with Gasteiger partial charge in [-0.15, -0.1) is 0 Å². The van der Waals surface area contributed by atoms with Gasteiger partial charge in [-0.3, -0.25) is 0 Å². The highest BCUT2D eigenvalue weighted by Crippen LogP contribution is 2.30. The molecule has 0 N–H and O–H groups in total. The van der Waals surface area contributed by atoms with Gasteiger partial charge in [0.1, 0.15) is 11.0 Å². The van der Waals surface area contributed by atoms with Gasteiger partial charge < -0.3 is 4.90 Å². The Bertz CT molecular complexity index is 621. The first-order chi connectivity index (χ1) is 9.60. The highest BCUT2D eigenvalue weighted by atomic mass is 32.2. The van der Waals surface area contributed by atoms with Gasteiger partial charge in [0.2, 0.25) is 0 Å². The van der Waals surface area contributed by atoms with Crippen LogP contribution >= 0.6 is 0 Å². The van der Waals surface area contributed by atoms with Crippen LogP contribution in [-0.4, -0.2) is 35.7 Å². The number of hydrogen-bond acceptors (Lipinski definition) is 2. The molecule has 0 aliphatic carbocycles. The third-order valence-corrected chi connectivity index (χ3v) is 5.19. The standard InChI is InChI=1S/C16H22N2OS/c1-5-18(6-2)20(19)16-12-8-9-13-14(16)10-7-11-15(13)17(3)4/h7-12H,5-6H2,1-4H3. The summed E-state index contributed by atoms with van der Waals surface area (Å²) in [7, 11) is 2.96. The molecule has 0 saturated carbocycles. The molecule has 0 aliphatic heterocycles. The van der Waals surface area contributed by atoms with Gasteiger partial charge in [0.15, 0.2) is 0 Å². The van der Waals surface area contributed by atoms with E-state index in [4.69, 9.17) is 0 Å². The molecule has 0 radical (unpaired) electrons. The average Bonchev–Trinajstić information content (AvgIpc) is 2.46. The van der Waals surface area contributed by atoms with Crippen molar-refractivity contribution in [3.05, 3.63) is 36.4 Å². The van der Waals surface area contributed by atoms with E-state index in [-0.39, 0.29) is 0 Å². The van der Waals surface area contributed by atoms with E-state index in [9.17, 15) is 4.21 Å². The molecule has 20 heavy (non-hydrogen) atoms. The SMILES string of the molecule is CCN(CC)S(=O)c1cccc2c(N(C)C)cccc12. The van der Waals surface area contributed by atoms with Crippen molar-refractivity contribution in [2.24, 2.45) is 0 Å². The van der Waals surface area contributed by atoms with Crippen molar-refractivity contribution in [2.45, 2.75) is 18.7 Å². The fourth-order valence-corrected chi connectivity index (χ4v) is 3.71. The van der Waals surface area contributed by atoms with E-state index in [1.54, 1.807) is 0 Å². The van der Waals surface area contributed by atoms with Crippen molar-refractivity contribution in [3.8, 4) is 0 Å². The predicted molar refractivity (Wildman–Crippen MR) is 87.6 cm³/mol. The topological polar surface area (TPSA) is 23.6 Å². The average molecular weight is 290 g/mol. The van der Waals surface area contributed by atoms with Crippen molar-refractivity contribution >= 4 is 27.4 Å². The molecule has 2 aromatic rings. The second-order valence-corrected chi connectivity index (χ2v) is 6.34. The first kappa shape index (κ1) is 15.0. The lowest BCUT2D eigenvalue weighted by atomic mass is 10.1. The van der Waals surface area contributed by atoms with Crippen LogP contribution in [0, 0.1) is 0 Å². The molecule has 0 fully saturated rings. The summed E-state index contributed by atoms with van der Waals surface area (Å²) in [5, 5.41) is 2.22. The fourth-order valence-electron chi connectivity index (χ4n) is 2.40. The van der Waals surface area contributed by atoms with Gasteiger partial charge in [-0.25, -0.2) is 8.51 Å². The Balaban J connectivity index is 2.61. The molecular weight excluding hydrogens is 268 g/mol. The van der Waals surface area contributed by atoms with Gasteiger partial charge in [-0.1, -0.05) is 38.1 Å². The molecular formula is C16H22N2OS. The van der Waals surface area contributed by atoms with Crippen LogP contribution in [0.1, 0.15) is 13.8 Å². The Hall–Kier alpha value is -1.39. The summed E-state index contributed by atoms with van der Waals surface area (Å²) in [6, 6.07) is 12.2. The largest absolute Gasteiger partial charge is 0.377 e. The van der Waals surface area contributed by atoms with Crippen LogP contribution in [0.3, 0.4) is 0 Å². The Kier molecular flexibility index (Phi) is 4.78. The van der Waals surface area contributed by atoms with Crippen molar-refractivity contribution in [2.75, 3.05) is 32.1 Å². The number of rotatable bonds is 5. The van der Waals surface area contributed by atoms with E-state index < -0.39 is 11.0 Å². The minimum absolute atomic E-state index is 0.785. The molecule has 2 aromatic carbocycles. The zero-order valence-electron chi connectivity index (χ0n) is 12.6. The third-order valence-electron chi connectivity index (χ3n) is 3.47. The summed E-state index contributed by atoms with van der Waals surface area (Å²) in [6.45, 7) is 5.65. The summed E-state index contributed by atoms with van der Waals surface area (Å²) in [4.78, 5) is 2.99. The van der Waals surface area contributed by atoms with Crippen LogP contribution in [0.5, 0.6) is 0 Å². The molecule has 0 amide bonds. The van der Waals surface area contributed by atoms with Gasteiger partial charge in [-0.05, 0) is 12.1 Å². The number of fused-ring (bicyclic) bond motifs is 1. The lowest BCUT2D eigenvalue weighted by Gasteiger charge is -2.20. The molecule has 0 spiro atoms. The molecule has 1 atom stereocenters. The van der Waals surface area contributed by atoms with E-state index in [2.05, 4.69) is 23.1 Å². The van der Waals surface area contributed by atoms with Gasteiger partial charge >= 0.3 is 0 Å². The van der Waals surface area contributed by atoms with Crippen LogP contribution < -0.4 is 4.90 Å². The first-order valence-electron chi connectivity index (χ1n) is 6.96. The van der Waals surface area contributed by atoms with Gasteiger partial charge in [0.25, 0.3) is 0 Å². The second-order valence-electron chi connectivity index (χ2n) is 4.89. The Morgan fingerprint density at radius 1 is 0.950 bits per heavy atom. The minimum Gasteiger partial charge on any atom is -0.377 e. The van der Waals surface area contributed by atoms with Crippen molar-refractivity contribution in [1.29, 1.82) is 0 Å². The monoisotopic (exact) mass is 290 g/mol. The van der Waals surface area contributed by atoms with Gasteiger partial charge in [0.05, 0.1) is 4.90 Å². The van der Waals surface area contributed by atoms with Crippen LogP contribution in [-0.2, 0) is 11.0 Å². The maximum atomic E-state index is 12.7. The maximum Gasteiger partial charge on any atom is 0.128 e. The number of anilines is 1. The van der Waals surface area contributed by atoms with E-state index in [1.807, 2.05) is 50.4 Å². The molecule has 0 heterocycles. The lowest BCUT2D eigenvalue weighted by Crippen LogP contribution is -2.25. The van der Waals surface area contributed by atoms with Crippen LogP contribution in [0.2, 0.25) is 0 Å². The van der Waals surface area contributed by atoms with E-state index in [0.717, 1.165) is 34.4 Å². The van der Waals surface area contributed by atoms with Crippen molar-refractivity contribution < 1.29 is 4.21 Å². The predicted octanol–water partition coefficient (Wildman–Crippen LogP) is 3.27. The summed E-state index contributed by atoms with van der Waals surface area (Å²) in [5.74, 6) is 0. The zero-order valence-corrected chi connectivity index (χ0v) is 13.4. The quantitative estimate of drug-likeness (QED) is 0.844. The van der Waals surface area contributed by atoms with E-state index >= 15 is 0 Å². The van der Waals surface area contributed by atoms with Crippen LogP contribution in [0.25, 0.3) is 10.8 Å². The Morgan fingerprint density at radius 3 is 2.15 bits per heavy atom. The highest BCUT2D eigenvalue weighted by Gasteiger charge is 2.15. The molecule has 3 nitrogen and oxygen atoms in total. The molecule has 0 aromatic heterocycles. The van der Waals surface area contributed by atoms with Gasteiger partial charge in [0, 0.05) is 43.6 Å². The number of hydrogen-bond donors (Lipinski definition) is 0. The maximum absolute atomic E-state index is 12.7. The van der Waals surface area contributed by atoms with E-state index in [1.165, 1.54) is 0 Å². The fraction of sp³-hybridized carbons (Fsp3) is 0.375. The summed E-state index contributed by atoms with van der Waals surface area (Å²) >= 11 is 0. The molecule has 108 valence electrons. The van der Waals surface area contributed by atoms with Gasteiger partial charge in [-0.2, -0.15) is 0 Å². The Labute approximate surface area is 123 Å². The molecule has 0 saturated heterocycles. The van der Waals surface area contributed by atoms with Crippen molar-refractivity contribution in [1.82, 2.24) is 4.31 Å². The number of nitrogens with zero attached hydrogens (tertiary/aromatic N) is 2. The second kappa shape index (κ2) is 6.37. The molecule has 2 rings (SSSR count). The Morgan fingerprint density at radius 2 is 1.55 bits per heavy atom. The molecule has 0 bridgehead atoms. The first-order valence-corrected chi connectivity index (χ1v) is 8.06. The summed E-state index contributed by atoms with van der Waals surface area (Å²) < 4.78 is 14.7. The highest BCUT2D eigenvalue weighted by molar-refractivity contribution is 7.83. The van der Waals surface area contributed by atoms with E-state index in [0.29, 0.717) is 0 Å². The smallest absolute Gasteiger partial charge is 0.128 e. The molecule has 0 aliphatic rings. The van der Waals surface area contributed by atoms with Crippen molar-refractivity contribution in [3.63, 3.8) is 0 Å².